The van der Waals surface area contributed by atoms with Gasteiger partial charge >= 0.3 is 0 Å². The van der Waals surface area contributed by atoms with Crippen molar-refractivity contribution in [2.45, 2.75) is 11.2 Å². The smallest absolute Gasteiger partial charge is 0.156 e. The Morgan fingerprint density at radius 1 is 0.920 bits per heavy atom. The molecule has 0 spiro atoms. The van der Waals surface area contributed by atoms with Crippen LogP contribution in [0.25, 0.3) is 0 Å². The third kappa shape index (κ3) is 4.10. The van der Waals surface area contributed by atoms with Crippen LogP contribution in [0.15, 0.2) is 45.6 Å². The van der Waals surface area contributed by atoms with Crippen molar-refractivity contribution in [1.29, 1.82) is 0 Å². The second-order valence-electron chi connectivity index (χ2n) is 5.94. The van der Waals surface area contributed by atoms with Crippen LogP contribution in [0.3, 0.4) is 0 Å². The highest BCUT2D eigenvalue weighted by Gasteiger charge is 2.42. The van der Waals surface area contributed by atoms with E-state index in [1.54, 1.807) is 25.6 Å². The Kier molecular flexibility index (Phi) is 5.87. The Bertz CT molecular complexity index is 696. The summed E-state index contributed by atoms with van der Waals surface area (Å²) in [4.78, 5) is 8.39. The van der Waals surface area contributed by atoms with Crippen LogP contribution in [-0.4, -0.2) is 48.6 Å². The molecule has 8 heteroatoms. The summed E-state index contributed by atoms with van der Waals surface area (Å²) in [6.07, 6.45) is 3.44. The van der Waals surface area contributed by atoms with Gasteiger partial charge in [0, 0.05) is 28.4 Å². The first-order chi connectivity index (χ1) is 12.0. The second-order valence-corrected chi connectivity index (χ2v) is 7.77. The molecule has 0 aromatic carbocycles. The molecule has 2 aliphatic heterocycles. The van der Waals surface area contributed by atoms with Crippen molar-refractivity contribution in [2.75, 3.05) is 33.5 Å². The molecule has 2 aliphatic rings. The van der Waals surface area contributed by atoms with Crippen molar-refractivity contribution in [2.24, 2.45) is 0 Å². The summed E-state index contributed by atoms with van der Waals surface area (Å²) in [6.45, 7) is 1.89. The normalized spacial score (nSPS) is 19.8. The van der Waals surface area contributed by atoms with E-state index >= 15 is 0 Å². The Morgan fingerprint density at radius 2 is 1.44 bits per heavy atom. The second kappa shape index (κ2) is 7.77. The van der Waals surface area contributed by atoms with Crippen LogP contribution in [0.2, 0.25) is 0 Å². The molecule has 0 unspecified atom stereocenters. The average molecular weight is 474 g/mol. The highest BCUT2D eigenvalue weighted by Crippen LogP contribution is 2.32. The van der Waals surface area contributed by atoms with Crippen LogP contribution in [0.5, 0.6) is 0 Å². The van der Waals surface area contributed by atoms with E-state index in [9.17, 15) is 5.11 Å². The van der Waals surface area contributed by atoms with E-state index < -0.39 is 5.60 Å². The largest absolute Gasteiger partial charge is 0.379 e. The summed E-state index contributed by atoms with van der Waals surface area (Å²) >= 11 is 6.62. The molecule has 2 saturated heterocycles. The number of pyridine rings is 2. The van der Waals surface area contributed by atoms with Gasteiger partial charge in [0.25, 0.3) is 0 Å². The molecule has 0 atom stereocenters. The molecule has 0 amide bonds. The molecule has 0 aliphatic carbocycles. The van der Waals surface area contributed by atoms with E-state index in [1.165, 1.54) is 0 Å². The third-order valence-electron chi connectivity index (χ3n) is 4.14. The van der Waals surface area contributed by atoms with Gasteiger partial charge in [0.2, 0.25) is 0 Å². The van der Waals surface area contributed by atoms with Crippen LogP contribution >= 0.6 is 31.9 Å². The molecule has 25 heavy (non-hydrogen) atoms. The quantitative estimate of drug-likeness (QED) is 0.738. The van der Waals surface area contributed by atoms with Crippen LogP contribution < -0.4 is 0 Å². The number of aliphatic hydroxyl groups is 1. The fourth-order valence-electron chi connectivity index (χ4n) is 2.40. The number of hydrogen-bond acceptors (Lipinski definition) is 6. The summed E-state index contributed by atoms with van der Waals surface area (Å²) in [7, 11) is 1.69. The highest BCUT2D eigenvalue weighted by atomic mass is 79.9. The number of nitrogens with zero attached hydrogens (tertiary/aromatic N) is 2. The highest BCUT2D eigenvalue weighted by molar-refractivity contribution is 9.10. The Balaban J connectivity index is 0.000000146. The predicted molar refractivity (Wildman–Crippen MR) is 98.1 cm³/mol. The molecule has 0 bridgehead atoms. The van der Waals surface area contributed by atoms with Gasteiger partial charge in [0.1, 0.15) is 0 Å². The lowest BCUT2D eigenvalue weighted by Crippen LogP contribution is -2.48. The summed E-state index contributed by atoms with van der Waals surface area (Å²) in [6, 6.07) is 7.57. The Hall–Kier alpha value is -0.900. The van der Waals surface area contributed by atoms with Crippen LogP contribution in [0.4, 0.5) is 0 Å². The molecular formula is C17H18Br2N2O4. The lowest BCUT2D eigenvalue weighted by Gasteiger charge is -2.39. The van der Waals surface area contributed by atoms with Crippen molar-refractivity contribution >= 4 is 31.9 Å². The molecule has 4 heterocycles. The number of hydrogen-bond donors (Lipinski definition) is 1. The van der Waals surface area contributed by atoms with Gasteiger partial charge in [0.15, 0.2) is 11.2 Å². The summed E-state index contributed by atoms with van der Waals surface area (Å²) < 4.78 is 17.3. The maximum atomic E-state index is 9.77. The predicted octanol–water partition coefficient (Wildman–Crippen LogP) is 2.78. The first-order valence-corrected chi connectivity index (χ1v) is 9.23. The SMILES string of the molecule is COC1(c2ccc(Br)cn2)COC1.OC1(c2ccc(Br)cn2)COC1. The average Bonchev–Trinajstić information content (AvgIpc) is 2.55. The molecule has 1 N–H and O–H groups in total. The number of halogens is 2. The number of aromatic nitrogens is 2. The van der Waals surface area contributed by atoms with Gasteiger partial charge in [-0.25, -0.2) is 0 Å². The molecule has 134 valence electrons. The summed E-state index contributed by atoms with van der Waals surface area (Å²) in [5, 5.41) is 9.77. The van der Waals surface area contributed by atoms with Crippen molar-refractivity contribution in [1.82, 2.24) is 9.97 Å². The van der Waals surface area contributed by atoms with Gasteiger partial charge < -0.3 is 19.3 Å². The Morgan fingerprint density at radius 3 is 1.76 bits per heavy atom. The van der Waals surface area contributed by atoms with Crippen LogP contribution in [-0.2, 0) is 25.4 Å². The monoisotopic (exact) mass is 472 g/mol. The topological polar surface area (TPSA) is 73.7 Å². The standard InChI is InChI=1S/C9H10BrNO2.C8H8BrNO2/c1-12-9(5-13-6-9)8-3-2-7(10)4-11-8;9-6-1-2-7(10-3-6)8(11)4-12-5-8/h2-4H,5-6H2,1H3;1-3,11H,4-5H2. The van der Waals surface area contributed by atoms with E-state index in [2.05, 4.69) is 41.8 Å². The molecule has 2 fully saturated rings. The van der Waals surface area contributed by atoms with E-state index in [-0.39, 0.29) is 5.60 Å². The number of methoxy groups -OCH3 is 1. The zero-order valence-electron chi connectivity index (χ0n) is 13.6. The van der Waals surface area contributed by atoms with Crippen LogP contribution in [0.1, 0.15) is 11.4 Å². The zero-order chi connectivity index (χ0) is 17.9. The Labute approximate surface area is 162 Å². The van der Waals surface area contributed by atoms with Gasteiger partial charge in [-0.05, 0) is 56.1 Å². The molecule has 0 saturated carbocycles. The van der Waals surface area contributed by atoms with E-state index in [1.807, 2.05) is 18.2 Å². The first-order valence-electron chi connectivity index (χ1n) is 7.65. The van der Waals surface area contributed by atoms with Gasteiger partial charge in [-0.3, -0.25) is 9.97 Å². The molecule has 2 aromatic heterocycles. The van der Waals surface area contributed by atoms with Gasteiger partial charge in [-0.15, -0.1) is 0 Å². The zero-order valence-corrected chi connectivity index (χ0v) is 16.8. The minimum atomic E-state index is -0.847. The van der Waals surface area contributed by atoms with Crippen molar-refractivity contribution < 1.29 is 19.3 Å². The van der Waals surface area contributed by atoms with Gasteiger partial charge in [-0.1, -0.05) is 0 Å². The van der Waals surface area contributed by atoms with Crippen molar-refractivity contribution in [3.8, 4) is 0 Å². The maximum Gasteiger partial charge on any atom is 0.156 e. The molecule has 6 nitrogen and oxygen atoms in total. The van der Waals surface area contributed by atoms with Gasteiger partial charge in [0.05, 0.1) is 37.8 Å². The van der Waals surface area contributed by atoms with E-state index in [4.69, 9.17) is 14.2 Å². The summed E-state index contributed by atoms with van der Waals surface area (Å²) in [5.74, 6) is 0. The lowest BCUT2D eigenvalue weighted by atomic mass is 9.97. The minimum Gasteiger partial charge on any atom is -0.379 e. The summed E-state index contributed by atoms with van der Waals surface area (Å²) in [5.41, 5.74) is 0.461. The number of ether oxygens (including phenoxy) is 3. The third-order valence-corrected chi connectivity index (χ3v) is 5.08. The molecule has 4 rings (SSSR count). The van der Waals surface area contributed by atoms with Crippen molar-refractivity contribution in [3.63, 3.8) is 0 Å². The minimum absolute atomic E-state index is 0.305. The van der Waals surface area contributed by atoms with Gasteiger partial charge in [-0.2, -0.15) is 0 Å². The number of rotatable bonds is 3. The van der Waals surface area contributed by atoms with E-state index in [0.29, 0.717) is 32.1 Å². The fraction of sp³-hybridized carbons (Fsp3) is 0.412. The first kappa shape index (κ1) is 18.9. The lowest BCUT2D eigenvalue weighted by molar-refractivity contribution is -0.204. The van der Waals surface area contributed by atoms with Crippen LogP contribution in [0, 0.1) is 0 Å². The van der Waals surface area contributed by atoms with E-state index in [0.717, 1.165) is 14.6 Å². The molecular weight excluding hydrogens is 456 g/mol. The molecule has 2 aromatic rings. The molecule has 0 radical (unpaired) electrons. The van der Waals surface area contributed by atoms with Crippen molar-refractivity contribution in [3.05, 3.63) is 57.0 Å². The maximum absolute atomic E-state index is 9.77. The fourth-order valence-corrected chi connectivity index (χ4v) is 2.87.